The van der Waals surface area contributed by atoms with Crippen molar-refractivity contribution in [3.8, 4) is 11.1 Å². The molecule has 1 aliphatic rings. The van der Waals surface area contributed by atoms with Crippen LogP contribution in [0.4, 0.5) is 0 Å². The van der Waals surface area contributed by atoms with E-state index in [1.165, 1.54) is 6.42 Å². The number of benzene rings is 1. The Morgan fingerprint density at radius 2 is 2.29 bits per heavy atom. The fraction of sp³-hybridized carbons (Fsp3) is 0.333. The van der Waals surface area contributed by atoms with E-state index in [0.29, 0.717) is 0 Å². The molecule has 3 heterocycles. The normalized spacial score (nSPS) is 19.2. The molecule has 0 radical (unpaired) electrons. The van der Waals surface area contributed by atoms with Gasteiger partial charge in [0.2, 0.25) is 0 Å². The van der Waals surface area contributed by atoms with Gasteiger partial charge in [0.15, 0.2) is 0 Å². The lowest BCUT2D eigenvalue weighted by Crippen LogP contribution is -2.18. The molecule has 1 atom stereocenters. The monoisotopic (exact) mass is 319 g/mol. The topological polar surface area (TPSA) is 39.9 Å². The van der Waals surface area contributed by atoms with Gasteiger partial charge in [0.25, 0.3) is 0 Å². The zero-order valence-electron chi connectivity index (χ0n) is 11.3. The molecule has 3 aromatic rings. The van der Waals surface area contributed by atoms with E-state index in [1.54, 1.807) is 11.3 Å². The molecule has 4 rings (SSSR count). The van der Waals surface area contributed by atoms with Crippen molar-refractivity contribution in [1.82, 2.24) is 14.8 Å². The molecule has 1 fully saturated rings. The maximum absolute atomic E-state index is 6.21. The highest BCUT2D eigenvalue weighted by Gasteiger charge is 2.18. The second kappa shape index (κ2) is 5.40. The summed E-state index contributed by atoms with van der Waals surface area (Å²) in [6.45, 7) is 0.817. The largest absolute Gasteiger partial charge is 0.357 e. The third kappa shape index (κ3) is 2.35. The number of ether oxygens (including phenoxy) is 1. The summed E-state index contributed by atoms with van der Waals surface area (Å²) < 4.78 is 8.71. The first-order chi connectivity index (χ1) is 10.3. The molecule has 6 heteroatoms. The van der Waals surface area contributed by atoms with Crippen LogP contribution in [0.15, 0.2) is 30.0 Å². The van der Waals surface area contributed by atoms with Gasteiger partial charge < -0.3 is 4.74 Å². The van der Waals surface area contributed by atoms with Crippen molar-refractivity contribution in [2.24, 2.45) is 0 Å². The number of nitrogens with zero attached hydrogens (tertiary/aromatic N) is 3. The summed E-state index contributed by atoms with van der Waals surface area (Å²) in [5, 5.41) is 5.21. The molecular weight excluding hydrogens is 306 g/mol. The van der Waals surface area contributed by atoms with Gasteiger partial charge in [-0.3, -0.25) is 0 Å². The number of halogens is 1. The first-order valence-electron chi connectivity index (χ1n) is 7.01. The number of thiazole rings is 1. The van der Waals surface area contributed by atoms with Gasteiger partial charge >= 0.3 is 0 Å². The van der Waals surface area contributed by atoms with Crippen LogP contribution in [0.25, 0.3) is 21.3 Å². The van der Waals surface area contributed by atoms with E-state index < -0.39 is 0 Å². The summed E-state index contributed by atoms with van der Waals surface area (Å²) in [4.78, 5) is 4.44. The third-order valence-electron chi connectivity index (χ3n) is 3.80. The second-order valence-corrected chi connectivity index (χ2v) is 6.42. The number of hydrogen-bond acceptors (Lipinski definition) is 4. The summed E-state index contributed by atoms with van der Waals surface area (Å²) in [7, 11) is 0. The standard InChI is InChI=1S/C15H14ClN3OS/c16-12-5-4-11(14-15(12)21-9-17-14)10-7-18-19(8-10)13-3-1-2-6-20-13/h4-5,7-9,13H,1-3,6H2. The Hall–Kier alpha value is -1.43. The zero-order valence-corrected chi connectivity index (χ0v) is 12.9. The summed E-state index contributed by atoms with van der Waals surface area (Å²) in [5.74, 6) is 0. The van der Waals surface area contributed by atoms with Gasteiger partial charge in [0, 0.05) is 23.9 Å². The minimum atomic E-state index is 0.0609. The van der Waals surface area contributed by atoms with Gasteiger partial charge in [-0.05, 0) is 25.3 Å². The lowest BCUT2D eigenvalue weighted by atomic mass is 10.1. The van der Waals surface area contributed by atoms with Crippen LogP contribution in [0.2, 0.25) is 5.02 Å². The van der Waals surface area contributed by atoms with Gasteiger partial charge in [-0.15, -0.1) is 11.3 Å². The Kier molecular flexibility index (Phi) is 3.41. The fourth-order valence-corrected chi connectivity index (χ4v) is 3.72. The summed E-state index contributed by atoms with van der Waals surface area (Å²) in [5.41, 5.74) is 4.89. The van der Waals surface area contributed by atoms with Crippen molar-refractivity contribution in [1.29, 1.82) is 0 Å². The molecule has 0 amide bonds. The van der Waals surface area contributed by atoms with Gasteiger partial charge in [-0.2, -0.15) is 5.10 Å². The van der Waals surface area contributed by atoms with Crippen molar-refractivity contribution in [2.45, 2.75) is 25.5 Å². The Labute approximate surface area is 131 Å². The van der Waals surface area contributed by atoms with E-state index in [2.05, 4.69) is 10.1 Å². The van der Waals surface area contributed by atoms with Crippen molar-refractivity contribution >= 4 is 33.2 Å². The third-order valence-corrected chi connectivity index (χ3v) is 5.09. The lowest BCUT2D eigenvalue weighted by molar-refractivity contribution is -0.0394. The molecule has 0 spiro atoms. The van der Waals surface area contributed by atoms with Crippen molar-refractivity contribution in [2.75, 3.05) is 6.61 Å². The molecule has 1 unspecified atom stereocenters. The highest BCUT2D eigenvalue weighted by atomic mass is 35.5. The van der Waals surface area contributed by atoms with E-state index >= 15 is 0 Å². The molecule has 0 N–H and O–H groups in total. The van der Waals surface area contributed by atoms with Gasteiger partial charge in [-0.25, -0.2) is 9.67 Å². The highest BCUT2D eigenvalue weighted by molar-refractivity contribution is 7.17. The number of fused-ring (bicyclic) bond motifs is 1. The lowest BCUT2D eigenvalue weighted by Gasteiger charge is -2.22. The first kappa shape index (κ1) is 13.2. The van der Waals surface area contributed by atoms with Gasteiger partial charge in [-0.1, -0.05) is 17.7 Å². The molecule has 4 nitrogen and oxygen atoms in total. The maximum Gasteiger partial charge on any atom is 0.150 e. The van der Waals surface area contributed by atoms with Crippen molar-refractivity contribution in [3.05, 3.63) is 35.1 Å². The molecule has 1 aliphatic heterocycles. The smallest absolute Gasteiger partial charge is 0.150 e. The number of aromatic nitrogens is 3. The molecule has 0 saturated carbocycles. The van der Waals surface area contributed by atoms with Crippen LogP contribution in [0.5, 0.6) is 0 Å². The van der Waals surface area contributed by atoms with Crippen molar-refractivity contribution in [3.63, 3.8) is 0 Å². The fourth-order valence-electron chi connectivity index (χ4n) is 2.72. The molecular formula is C15H14ClN3OS. The molecule has 0 aliphatic carbocycles. The van der Waals surface area contributed by atoms with Crippen LogP contribution >= 0.6 is 22.9 Å². The molecule has 1 saturated heterocycles. The molecule has 2 aromatic heterocycles. The molecule has 21 heavy (non-hydrogen) atoms. The average molecular weight is 320 g/mol. The van der Waals surface area contributed by atoms with Crippen LogP contribution in [0, 0.1) is 0 Å². The molecule has 1 aromatic carbocycles. The van der Waals surface area contributed by atoms with Crippen molar-refractivity contribution < 1.29 is 4.74 Å². The summed E-state index contributed by atoms with van der Waals surface area (Å²) >= 11 is 7.78. The second-order valence-electron chi connectivity index (χ2n) is 5.16. The van der Waals surface area contributed by atoms with E-state index in [0.717, 1.165) is 45.8 Å². The molecule has 108 valence electrons. The van der Waals surface area contributed by atoms with Crippen LogP contribution in [-0.4, -0.2) is 21.4 Å². The summed E-state index contributed by atoms with van der Waals surface area (Å²) in [6.07, 6.45) is 7.33. The summed E-state index contributed by atoms with van der Waals surface area (Å²) in [6, 6.07) is 3.93. The van der Waals surface area contributed by atoms with Crippen LogP contribution in [0.3, 0.4) is 0 Å². The predicted octanol–water partition coefficient (Wildman–Crippen LogP) is 4.51. The minimum Gasteiger partial charge on any atom is -0.357 e. The quantitative estimate of drug-likeness (QED) is 0.697. The van der Waals surface area contributed by atoms with Gasteiger partial charge in [0.05, 0.1) is 26.9 Å². The Morgan fingerprint density at radius 3 is 3.14 bits per heavy atom. The highest BCUT2D eigenvalue weighted by Crippen LogP contribution is 2.35. The Morgan fingerprint density at radius 1 is 1.33 bits per heavy atom. The Balaban J connectivity index is 1.74. The van der Waals surface area contributed by atoms with Crippen LogP contribution < -0.4 is 0 Å². The van der Waals surface area contributed by atoms with Crippen LogP contribution in [0.1, 0.15) is 25.5 Å². The minimum absolute atomic E-state index is 0.0609. The van der Waals surface area contributed by atoms with E-state index in [9.17, 15) is 0 Å². The number of rotatable bonds is 2. The van der Waals surface area contributed by atoms with E-state index in [-0.39, 0.29) is 6.23 Å². The maximum atomic E-state index is 6.21. The molecule has 0 bridgehead atoms. The Bertz CT molecular complexity index is 776. The van der Waals surface area contributed by atoms with Gasteiger partial charge in [0.1, 0.15) is 6.23 Å². The van der Waals surface area contributed by atoms with E-state index in [4.69, 9.17) is 16.3 Å². The van der Waals surface area contributed by atoms with Crippen LogP contribution in [-0.2, 0) is 4.74 Å². The average Bonchev–Trinajstić information content (AvgIpc) is 3.18. The SMILES string of the molecule is Clc1ccc(-c2cnn(C3CCCCO3)c2)c2ncsc12. The zero-order chi connectivity index (χ0) is 14.2. The van der Waals surface area contributed by atoms with E-state index in [1.807, 2.05) is 34.7 Å². The first-order valence-corrected chi connectivity index (χ1v) is 8.26. The number of hydrogen-bond donors (Lipinski definition) is 0. The predicted molar refractivity (Wildman–Crippen MR) is 84.7 cm³/mol.